The molecule has 0 aromatic rings. The molecule has 27 heavy (non-hydrogen) atoms. The number of nitrogens with one attached hydrogen (secondary N) is 1. The van der Waals surface area contributed by atoms with Gasteiger partial charge in [-0.1, -0.05) is 0 Å². The van der Waals surface area contributed by atoms with Crippen molar-refractivity contribution in [2.45, 2.75) is 68.3 Å². The second-order valence-electron chi connectivity index (χ2n) is 6.30. The summed E-state index contributed by atoms with van der Waals surface area (Å²) < 4.78 is 15.3. The lowest BCUT2D eigenvalue weighted by molar-refractivity contribution is -0.336. The fourth-order valence-corrected chi connectivity index (χ4v) is 2.95. The van der Waals surface area contributed by atoms with Crippen molar-refractivity contribution in [1.82, 2.24) is 5.32 Å². The molecule has 13 heteroatoms. The number of hydrogen-bond donors (Lipinski definition) is 8. The Morgan fingerprint density at radius 2 is 1.63 bits per heavy atom. The lowest BCUT2D eigenvalue weighted by Crippen LogP contribution is -2.67. The van der Waals surface area contributed by atoms with Crippen LogP contribution in [0.25, 0.3) is 0 Å². The third kappa shape index (κ3) is 4.53. The molecule has 2 aliphatic heterocycles. The Morgan fingerprint density at radius 1 is 1.00 bits per heavy atom. The highest BCUT2D eigenvalue weighted by Crippen LogP contribution is 2.28. The number of carbonyl (C=O) groups excluding carboxylic acids is 1. The summed E-state index contributed by atoms with van der Waals surface area (Å²) in [5.41, 5.74) is 0. The van der Waals surface area contributed by atoms with E-state index in [0.29, 0.717) is 0 Å². The Bertz CT molecular complexity index is 546. The number of aliphatic carboxylic acids is 1. The second kappa shape index (κ2) is 8.72. The van der Waals surface area contributed by atoms with Crippen LogP contribution in [0.3, 0.4) is 0 Å². The number of ether oxygens (including phenoxy) is 3. The summed E-state index contributed by atoms with van der Waals surface area (Å²) in [6, 6.07) is -1.37. The van der Waals surface area contributed by atoms with Gasteiger partial charge in [-0.15, -0.1) is 0 Å². The summed E-state index contributed by atoms with van der Waals surface area (Å²) in [5.74, 6) is -2.27. The molecule has 2 fully saturated rings. The topological polar surface area (TPSA) is 215 Å². The Morgan fingerprint density at radius 3 is 2.15 bits per heavy atom. The summed E-state index contributed by atoms with van der Waals surface area (Å²) >= 11 is 0. The molecule has 13 nitrogen and oxygen atoms in total. The number of amides is 1. The molecule has 0 spiro atoms. The second-order valence-corrected chi connectivity index (χ2v) is 6.30. The predicted octanol–water partition coefficient (Wildman–Crippen LogP) is -5.16. The largest absolute Gasteiger partial charge is 0.479 e. The van der Waals surface area contributed by atoms with Gasteiger partial charge >= 0.3 is 5.97 Å². The summed E-state index contributed by atoms with van der Waals surface area (Å²) in [4.78, 5) is 22.5. The van der Waals surface area contributed by atoms with E-state index in [2.05, 4.69) is 5.32 Å². The minimum Gasteiger partial charge on any atom is -0.479 e. The number of rotatable bonds is 5. The maximum atomic E-state index is 11.4. The smallest absolute Gasteiger partial charge is 0.335 e. The van der Waals surface area contributed by atoms with Gasteiger partial charge in [0.25, 0.3) is 0 Å². The Balaban J connectivity index is 2.25. The lowest BCUT2D eigenvalue weighted by Gasteiger charge is -2.46. The van der Waals surface area contributed by atoms with E-state index in [-0.39, 0.29) is 0 Å². The maximum absolute atomic E-state index is 11.4. The lowest BCUT2D eigenvalue weighted by atomic mass is 9.95. The SMILES string of the molecule is CC(=O)NC1[C@H](O)OC(CO)[C@@H](O)[C@@H]1O[C@@H]1OC(C(=O)O)[C@@H](O)[C@H](O)C1O. The number of carboxylic acids is 1. The van der Waals surface area contributed by atoms with Crippen molar-refractivity contribution in [2.75, 3.05) is 6.61 Å². The molecule has 0 aromatic carbocycles. The van der Waals surface area contributed by atoms with Gasteiger partial charge in [0.1, 0.15) is 42.7 Å². The molecule has 1 amide bonds. The fraction of sp³-hybridized carbons (Fsp3) is 0.857. The van der Waals surface area contributed by atoms with Crippen LogP contribution in [0.1, 0.15) is 6.92 Å². The Hall–Kier alpha value is -1.42. The molecule has 2 aliphatic rings. The van der Waals surface area contributed by atoms with Crippen LogP contribution in [0.2, 0.25) is 0 Å². The normalized spacial score (nSPS) is 45.3. The first kappa shape index (κ1) is 21.9. The first-order valence-corrected chi connectivity index (χ1v) is 8.06. The van der Waals surface area contributed by atoms with Crippen molar-refractivity contribution in [3.8, 4) is 0 Å². The molecule has 2 saturated heterocycles. The molecular formula is C14H23NO12. The van der Waals surface area contributed by atoms with Crippen molar-refractivity contribution in [3.63, 3.8) is 0 Å². The molecule has 0 aromatic heterocycles. The average Bonchev–Trinajstić information content (AvgIpc) is 2.60. The number of carboxylic acid groups (broad SMARTS) is 1. The van der Waals surface area contributed by atoms with Crippen LogP contribution < -0.4 is 5.32 Å². The van der Waals surface area contributed by atoms with E-state index >= 15 is 0 Å². The minimum absolute atomic E-state index is 0.630. The standard InChI is InChI=1S/C14H23NO12/c1-3(17)15-5-10(6(18)4(2-16)25-13(5)24)26-14-9(21)7(19)8(20)11(27-14)12(22)23/h4-11,13-14,16,18-21,24H,2H2,1H3,(H,15,17)(H,22,23)/t4?,5?,6-,7+,8+,9?,10-,11?,13-,14-/m1/s1. The molecule has 156 valence electrons. The van der Waals surface area contributed by atoms with Crippen molar-refractivity contribution < 1.29 is 59.5 Å². The van der Waals surface area contributed by atoms with Crippen LogP contribution in [0.15, 0.2) is 0 Å². The van der Waals surface area contributed by atoms with Crippen LogP contribution >= 0.6 is 0 Å². The van der Waals surface area contributed by atoms with Gasteiger partial charge in [-0.25, -0.2) is 4.79 Å². The van der Waals surface area contributed by atoms with Gasteiger partial charge in [-0.05, 0) is 0 Å². The van der Waals surface area contributed by atoms with E-state index in [4.69, 9.17) is 19.3 Å². The highest BCUT2D eigenvalue weighted by atomic mass is 16.7. The summed E-state index contributed by atoms with van der Waals surface area (Å²) in [6.45, 7) is 0.388. The third-order valence-corrected chi connectivity index (χ3v) is 4.35. The monoisotopic (exact) mass is 397 g/mol. The van der Waals surface area contributed by atoms with Crippen LogP contribution in [0.4, 0.5) is 0 Å². The third-order valence-electron chi connectivity index (χ3n) is 4.35. The molecular weight excluding hydrogens is 374 g/mol. The van der Waals surface area contributed by atoms with Gasteiger partial charge in [-0.3, -0.25) is 4.79 Å². The first-order chi connectivity index (χ1) is 12.6. The molecule has 10 atom stereocenters. The molecule has 0 bridgehead atoms. The molecule has 4 unspecified atom stereocenters. The zero-order valence-corrected chi connectivity index (χ0v) is 14.2. The van der Waals surface area contributed by atoms with Crippen LogP contribution in [-0.2, 0) is 23.8 Å². The van der Waals surface area contributed by atoms with Crippen LogP contribution in [0.5, 0.6) is 0 Å². The first-order valence-electron chi connectivity index (χ1n) is 8.06. The van der Waals surface area contributed by atoms with Gasteiger partial charge < -0.3 is 55.3 Å². The molecule has 0 aliphatic carbocycles. The Kier molecular flexibility index (Phi) is 7.07. The van der Waals surface area contributed by atoms with E-state index in [1.54, 1.807) is 0 Å². The summed E-state index contributed by atoms with van der Waals surface area (Å²) in [7, 11) is 0. The molecule has 2 rings (SSSR count). The van der Waals surface area contributed by atoms with Gasteiger partial charge in [0.2, 0.25) is 5.91 Å². The van der Waals surface area contributed by atoms with E-state index < -0.39 is 79.8 Å². The Labute approximate surface area is 152 Å². The van der Waals surface area contributed by atoms with Crippen molar-refractivity contribution in [3.05, 3.63) is 0 Å². The zero-order valence-electron chi connectivity index (χ0n) is 14.2. The minimum atomic E-state index is -1.95. The van der Waals surface area contributed by atoms with Crippen molar-refractivity contribution in [2.24, 2.45) is 0 Å². The van der Waals surface area contributed by atoms with Crippen LogP contribution in [0, 0.1) is 0 Å². The van der Waals surface area contributed by atoms with E-state index in [0.717, 1.165) is 6.92 Å². The van der Waals surface area contributed by atoms with Crippen LogP contribution in [-0.4, -0.2) is 116 Å². The van der Waals surface area contributed by atoms with E-state index in [1.165, 1.54) is 0 Å². The number of aliphatic hydroxyl groups is 6. The van der Waals surface area contributed by atoms with E-state index in [1.807, 2.05) is 0 Å². The van der Waals surface area contributed by atoms with Gasteiger partial charge in [0.15, 0.2) is 18.7 Å². The highest BCUT2D eigenvalue weighted by molar-refractivity contribution is 5.73. The van der Waals surface area contributed by atoms with E-state index in [9.17, 15) is 40.2 Å². The quantitative estimate of drug-likeness (QED) is 0.218. The number of aliphatic hydroxyl groups excluding tert-OH is 6. The average molecular weight is 397 g/mol. The molecule has 0 radical (unpaired) electrons. The molecule has 0 saturated carbocycles. The van der Waals surface area contributed by atoms with Crippen molar-refractivity contribution in [1.29, 1.82) is 0 Å². The van der Waals surface area contributed by atoms with Gasteiger partial charge in [0.05, 0.1) is 6.61 Å². The number of hydrogen-bond acceptors (Lipinski definition) is 11. The predicted molar refractivity (Wildman–Crippen MR) is 80.8 cm³/mol. The number of carbonyl (C=O) groups is 2. The fourth-order valence-electron chi connectivity index (χ4n) is 2.95. The summed E-state index contributed by atoms with van der Waals surface area (Å²) in [6.07, 6.45) is -15.8. The maximum Gasteiger partial charge on any atom is 0.335 e. The molecule has 2 heterocycles. The highest BCUT2D eigenvalue weighted by Gasteiger charge is 2.52. The molecule has 8 N–H and O–H groups in total. The van der Waals surface area contributed by atoms with Gasteiger partial charge in [0, 0.05) is 6.92 Å². The zero-order chi connectivity index (χ0) is 20.5. The van der Waals surface area contributed by atoms with Gasteiger partial charge in [-0.2, -0.15) is 0 Å². The summed E-state index contributed by atoms with van der Waals surface area (Å²) in [5, 5.41) is 70.4. The van der Waals surface area contributed by atoms with Crippen molar-refractivity contribution >= 4 is 11.9 Å².